The Balaban J connectivity index is 1.67. The molecule has 2 rings (SSSR count). The van der Waals surface area contributed by atoms with Crippen LogP contribution in [-0.2, 0) is 21.2 Å². The van der Waals surface area contributed by atoms with Crippen molar-refractivity contribution in [3.05, 3.63) is 35.9 Å². The summed E-state index contributed by atoms with van der Waals surface area (Å²) in [6.45, 7) is 4.80. The van der Waals surface area contributed by atoms with Gasteiger partial charge in [-0.05, 0) is 44.6 Å². The molecule has 1 aromatic rings. The Kier molecular flexibility index (Phi) is 10.3. The van der Waals surface area contributed by atoms with Gasteiger partial charge in [-0.3, -0.25) is 4.99 Å². The van der Waals surface area contributed by atoms with Gasteiger partial charge in [0.25, 0.3) is 0 Å². The zero-order valence-corrected chi connectivity index (χ0v) is 17.6. The van der Waals surface area contributed by atoms with Crippen LogP contribution in [0.1, 0.15) is 38.2 Å². The molecule has 0 amide bonds. The molecule has 0 saturated carbocycles. The summed E-state index contributed by atoms with van der Waals surface area (Å²) < 4.78 is 32.5. The van der Waals surface area contributed by atoms with Crippen LogP contribution in [0.2, 0.25) is 0 Å². The highest BCUT2D eigenvalue weighted by Gasteiger charge is 2.17. The van der Waals surface area contributed by atoms with Gasteiger partial charge in [-0.15, -0.1) is 0 Å². The number of aliphatic imine (C=N–C) groups is 1. The zero-order valence-electron chi connectivity index (χ0n) is 16.8. The maximum absolute atomic E-state index is 12.2. The van der Waals surface area contributed by atoms with Crippen molar-refractivity contribution in [1.82, 2.24) is 15.4 Å². The van der Waals surface area contributed by atoms with E-state index in [0.717, 1.165) is 45.3 Å². The second kappa shape index (κ2) is 12.7. The van der Waals surface area contributed by atoms with E-state index in [1.54, 1.807) is 0 Å². The van der Waals surface area contributed by atoms with Crippen molar-refractivity contribution >= 4 is 16.0 Å². The van der Waals surface area contributed by atoms with Gasteiger partial charge in [-0.25, -0.2) is 13.1 Å². The van der Waals surface area contributed by atoms with E-state index in [0.29, 0.717) is 25.6 Å². The van der Waals surface area contributed by atoms with Gasteiger partial charge < -0.3 is 15.4 Å². The fourth-order valence-electron chi connectivity index (χ4n) is 3.02. The lowest BCUT2D eigenvalue weighted by Crippen LogP contribution is -2.42. The highest BCUT2D eigenvalue weighted by atomic mass is 32.2. The summed E-state index contributed by atoms with van der Waals surface area (Å²) in [4.78, 5) is 4.53. The second-order valence-electron chi connectivity index (χ2n) is 6.93. The molecule has 1 saturated heterocycles. The van der Waals surface area contributed by atoms with Gasteiger partial charge >= 0.3 is 0 Å². The molecule has 8 heteroatoms. The normalized spacial score (nSPS) is 18.0. The van der Waals surface area contributed by atoms with E-state index in [4.69, 9.17) is 4.74 Å². The number of hydrogen-bond donors (Lipinski definition) is 3. The van der Waals surface area contributed by atoms with Crippen molar-refractivity contribution < 1.29 is 13.2 Å². The quantitative estimate of drug-likeness (QED) is 0.293. The van der Waals surface area contributed by atoms with Crippen molar-refractivity contribution in [3.8, 4) is 0 Å². The molecule has 0 spiro atoms. The number of sulfonamides is 1. The lowest BCUT2D eigenvalue weighted by molar-refractivity contribution is 0.0200. The van der Waals surface area contributed by atoms with E-state index in [2.05, 4.69) is 32.5 Å². The molecule has 1 aliphatic heterocycles. The van der Waals surface area contributed by atoms with E-state index >= 15 is 0 Å². The molecule has 0 bridgehead atoms. The molecule has 28 heavy (non-hydrogen) atoms. The number of aryl methyl sites for hydroxylation is 1. The van der Waals surface area contributed by atoms with Crippen molar-refractivity contribution in [3.63, 3.8) is 0 Å². The number of nitrogens with zero attached hydrogens (tertiary/aromatic N) is 1. The molecule has 7 nitrogen and oxygen atoms in total. The molecule has 158 valence electrons. The fraction of sp³-hybridized carbons (Fsp3) is 0.650. The lowest BCUT2D eigenvalue weighted by atomic mass is 10.1. The maximum atomic E-state index is 12.2. The minimum atomic E-state index is -3.33. The van der Waals surface area contributed by atoms with Crippen LogP contribution in [0.3, 0.4) is 0 Å². The molecule has 3 N–H and O–H groups in total. The summed E-state index contributed by atoms with van der Waals surface area (Å²) in [5.41, 5.74) is 1.30. The standard InChI is InChI=1S/C20H34N4O3S/c1-2-21-20(22-13-8-11-18-9-4-3-5-10-18)23-14-16-28(25,26)24-17-19-12-6-7-15-27-19/h3-5,9-10,19,24H,2,6-8,11-17H2,1H3,(H2,21,22,23). The maximum Gasteiger partial charge on any atom is 0.213 e. The SMILES string of the molecule is CCNC(=NCCCc1ccccc1)NCCS(=O)(=O)NCC1CCCCO1. The molecule has 1 aliphatic rings. The number of rotatable bonds is 11. The van der Waals surface area contributed by atoms with Crippen LogP contribution in [0.15, 0.2) is 35.3 Å². The number of ether oxygens (including phenoxy) is 1. The zero-order chi connectivity index (χ0) is 20.1. The topological polar surface area (TPSA) is 91.8 Å². The van der Waals surface area contributed by atoms with Crippen LogP contribution >= 0.6 is 0 Å². The lowest BCUT2D eigenvalue weighted by Gasteiger charge is -2.22. The molecule has 1 heterocycles. The molecular weight excluding hydrogens is 376 g/mol. The van der Waals surface area contributed by atoms with Crippen LogP contribution in [-0.4, -0.2) is 59.0 Å². The predicted octanol–water partition coefficient (Wildman–Crippen LogP) is 1.66. The molecular formula is C20H34N4O3S. The predicted molar refractivity (Wildman–Crippen MR) is 114 cm³/mol. The van der Waals surface area contributed by atoms with Crippen molar-refractivity contribution in [2.24, 2.45) is 4.99 Å². The fourth-order valence-corrected chi connectivity index (χ4v) is 3.98. The average molecular weight is 411 g/mol. The molecule has 1 atom stereocenters. The third kappa shape index (κ3) is 9.52. The van der Waals surface area contributed by atoms with Crippen LogP contribution in [0.25, 0.3) is 0 Å². The molecule has 1 aromatic carbocycles. The van der Waals surface area contributed by atoms with Crippen LogP contribution in [0.5, 0.6) is 0 Å². The van der Waals surface area contributed by atoms with Crippen LogP contribution in [0, 0.1) is 0 Å². The van der Waals surface area contributed by atoms with Gasteiger partial charge in [0.2, 0.25) is 10.0 Å². The minimum Gasteiger partial charge on any atom is -0.377 e. The van der Waals surface area contributed by atoms with Crippen LogP contribution in [0.4, 0.5) is 0 Å². The number of guanidine groups is 1. The first-order valence-corrected chi connectivity index (χ1v) is 11.9. The van der Waals surface area contributed by atoms with Gasteiger partial charge in [0.15, 0.2) is 5.96 Å². The molecule has 1 fully saturated rings. The molecule has 0 radical (unpaired) electrons. The average Bonchev–Trinajstić information content (AvgIpc) is 2.71. The summed E-state index contributed by atoms with van der Waals surface area (Å²) >= 11 is 0. The number of benzene rings is 1. The number of nitrogens with one attached hydrogen (secondary N) is 3. The summed E-state index contributed by atoms with van der Waals surface area (Å²) in [5.74, 6) is 0.662. The van der Waals surface area contributed by atoms with Gasteiger partial charge in [-0.2, -0.15) is 0 Å². The Morgan fingerprint density at radius 1 is 1.21 bits per heavy atom. The van der Waals surface area contributed by atoms with E-state index < -0.39 is 10.0 Å². The van der Waals surface area contributed by atoms with Crippen molar-refractivity contribution in [2.75, 3.05) is 38.5 Å². The monoisotopic (exact) mass is 410 g/mol. The first-order chi connectivity index (χ1) is 13.6. The molecule has 1 unspecified atom stereocenters. The summed E-state index contributed by atoms with van der Waals surface area (Å²) in [6.07, 6.45) is 5.00. The van der Waals surface area contributed by atoms with Crippen LogP contribution < -0.4 is 15.4 Å². The number of hydrogen-bond acceptors (Lipinski definition) is 4. The summed E-state index contributed by atoms with van der Waals surface area (Å²) in [7, 11) is -3.33. The van der Waals surface area contributed by atoms with E-state index in [9.17, 15) is 8.42 Å². The Labute approximate surface area is 169 Å². The van der Waals surface area contributed by atoms with Crippen molar-refractivity contribution in [1.29, 1.82) is 0 Å². The molecule has 0 aromatic heterocycles. The first-order valence-electron chi connectivity index (χ1n) is 10.2. The van der Waals surface area contributed by atoms with E-state index in [-0.39, 0.29) is 11.9 Å². The first kappa shape index (κ1) is 22.6. The largest absolute Gasteiger partial charge is 0.377 e. The highest BCUT2D eigenvalue weighted by Crippen LogP contribution is 2.11. The Morgan fingerprint density at radius 2 is 2.04 bits per heavy atom. The van der Waals surface area contributed by atoms with Gasteiger partial charge in [-0.1, -0.05) is 30.3 Å². The van der Waals surface area contributed by atoms with Gasteiger partial charge in [0.1, 0.15) is 0 Å². The minimum absolute atomic E-state index is 0.0000182. The van der Waals surface area contributed by atoms with E-state index in [1.165, 1.54) is 5.56 Å². The Bertz CT molecular complexity index is 674. The second-order valence-corrected chi connectivity index (χ2v) is 8.86. The summed E-state index contributed by atoms with van der Waals surface area (Å²) in [6, 6.07) is 10.3. The Morgan fingerprint density at radius 3 is 2.75 bits per heavy atom. The summed E-state index contributed by atoms with van der Waals surface area (Å²) in [5, 5.41) is 6.26. The Hall–Kier alpha value is -1.64. The van der Waals surface area contributed by atoms with Gasteiger partial charge in [0.05, 0.1) is 11.9 Å². The van der Waals surface area contributed by atoms with E-state index in [1.807, 2.05) is 25.1 Å². The molecule has 0 aliphatic carbocycles. The smallest absolute Gasteiger partial charge is 0.213 e. The van der Waals surface area contributed by atoms with Gasteiger partial charge in [0, 0.05) is 32.8 Å². The third-order valence-corrected chi connectivity index (χ3v) is 5.90. The third-order valence-electron chi connectivity index (χ3n) is 4.55. The van der Waals surface area contributed by atoms with Crippen molar-refractivity contribution in [2.45, 2.75) is 45.1 Å². The highest BCUT2D eigenvalue weighted by molar-refractivity contribution is 7.89.